The Bertz CT molecular complexity index is 979. The zero-order valence-electron chi connectivity index (χ0n) is 17.5. The molecule has 1 aliphatic heterocycles. The number of likely N-dealkylation sites (N-methyl/N-ethyl adjacent to an activating group) is 1. The number of amides is 1. The van der Waals surface area contributed by atoms with Crippen molar-refractivity contribution in [2.24, 2.45) is 0 Å². The lowest BCUT2D eigenvalue weighted by atomic mass is 10.2. The molecule has 0 spiro atoms. The molecule has 1 aliphatic rings. The average Bonchev–Trinajstić information content (AvgIpc) is 3.31. The molecule has 31 heavy (non-hydrogen) atoms. The van der Waals surface area contributed by atoms with Crippen molar-refractivity contribution >= 4 is 22.9 Å². The van der Waals surface area contributed by atoms with Gasteiger partial charge in [-0.05, 0) is 42.8 Å². The van der Waals surface area contributed by atoms with Gasteiger partial charge in [0, 0.05) is 23.2 Å². The number of thiophene rings is 1. The summed E-state index contributed by atoms with van der Waals surface area (Å²) in [7, 11) is 1.93. The van der Waals surface area contributed by atoms with Crippen LogP contribution in [-0.2, 0) is 11.3 Å². The maximum atomic E-state index is 13.3. The van der Waals surface area contributed by atoms with Crippen molar-refractivity contribution in [3.63, 3.8) is 0 Å². The highest BCUT2D eigenvalue weighted by molar-refractivity contribution is 7.09. The van der Waals surface area contributed by atoms with Crippen molar-refractivity contribution in [2.75, 3.05) is 44.9 Å². The first-order valence-corrected chi connectivity index (χ1v) is 11.2. The van der Waals surface area contributed by atoms with Gasteiger partial charge in [-0.25, -0.2) is 0 Å². The number of carbonyl (C=O) groups is 1. The van der Waals surface area contributed by atoms with Crippen LogP contribution in [0, 0.1) is 0 Å². The molecule has 0 N–H and O–H groups in total. The summed E-state index contributed by atoms with van der Waals surface area (Å²) in [6, 6.07) is 19.4. The summed E-state index contributed by atoms with van der Waals surface area (Å²) in [5.41, 5.74) is 0.802. The van der Waals surface area contributed by atoms with Crippen LogP contribution in [0.25, 0.3) is 0 Å². The molecular weight excluding hydrogens is 412 g/mol. The Morgan fingerprint density at radius 2 is 1.84 bits per heavy atom. The van der Waals surface area contributed by atoms with Crippen molar-refractivity contribution in [2.45, 2.75) is 6.54 Å². The summed E-state index contributed by atoms with van der Waals surface area (Å²) in [6.45, 7) is 3.03. The lowest BCUT2D eigenvalue weighted by Gasteiger charge is -2.27. The van der Waals surface area contributed by atoms with Crippen LogP contribution >= 0.6 is 11.3 Å². The molecule has 4 rings (SSSR count). The molecule has 0 unspecified atom stereocenters. The van der Waals surface area contributed by atoms with Crippen LogP contribution < -0.4 is 19.1 Å². The third kappa shape index (κ3) is 5.77. The van der Waals surface area contributed by atoms with Gasteiger partial charge >= 0.3 is 0 Å². The third-order valence-corrected chi connectivity index (χ3v) is 5.78. The minimum Gasteiger partial charge on any atom is -0.492 e. The Kier molecular flexibility index (Phi) is 7.07. The topological polar surface area (TPSA) is 51.2 Å². The molecule has 6 nitrogen and oxygen atoms in total. The van der Waals surface area contributed by atoms with Crippen molar-refractivity contribution < 1.29 is 19.0 Å². The first kappa shape index (κ1) is 21.2. The second-order valence-electron chi connectivity index (χ2n) is 7.29. The van der Waals surface area contributed by atoms with Gasteiger partial charge < -0.3 is 19.1 Å². The predicted octanol–water partition coefficient (Wildman–Crippen LogP) is 4.06. The second kappa shape index (κ2) is 10.3. The Balaban J connectivity index is 1.41. The molecule has 7 heteroatoms. The van der Waals surface area contributed by atoms with Gasteiger partial charge in [0.1, 0.15) is 25.6 Å². The molecule has 0 saturated heterocycles. The lowest BCUT2D eigenvalue weighted by molar-refractivity contribution is -0.119. The third-order valence-electron chi connectivity index (χ3n) is 4.92. The standard InChI is InChI=1S/C24H26N2O4S/c1-25(11-12-28-20-6-3-2-4-7-20)18-24(27)26(17-21-8-5-15-31-21)19-9-10-22-23(16-19)30-14-13-29-22/h2-10,15-16H,11-14,17-18H2,1H3. The fraction of sp³-hybridized carbons (Fsp3) is 0.292. The van der Waals surface area contributed by atoms with Gasteiger partial charge in [-0.15, -0.1) is 11.3 Å². The highest BCUT2D eigenvalue weighted by Crippen LogP contribution is 2.34. The Labute approximate surface area is 186 Å². The first-order chi connectivity index (χ1) is 15.2. The molecule has 2 aromatic carbocycles. The number of ether oxygens (including phenoxy) is 3. The monoisotopic (exact) mass is 438 g/mol. The van der Waals surface area contributed by atoms with E-state index >= 15 is 0 Å². The number of rotatable bonds is 9. The van der Waals surface area contributed by atoms with Crippen LogP contribution in [0.4, 0.5) is 5.69 Å². The molecule has 1 amide bonds. The predicted molar refractivity (Wildman–Crippen MR) is 122 cm³/mol. The first-order valence-electron chi connectivity index (χ1n) is 10.3. The molecule has 0 bridgehead atoms. The summed E-state index contributed by atoms with van der Waals surface area (Å²) < 4.78 is 17.1. The van der Waals surface area contributed by atoms with E-state index in [0.717, 1.165) is 16.3 Å². The smallest absolute Gasteiger partial charge is 0.241 e. The second-order valence-corrected chi connectivity index (χ2v) is 8.32. The largest absolute Gasteiger partial charge is 0.492 e. The number of hydrogen-bond acceptors (Lipinski definition) is 6. The summed E-state index contributed by atoms with van der Waals surface area (Å²) >= 11 is 1.64. The van der Waals surface area contributed by atoms with Gasteiger partial charge in [0.25, 0.3) is 0 Å². The highest BCUT2D eigenvalue weighted by atomic mass is 32.1. The number of carbonyl (C=O) groups excluding carboxylic acids is 1. The summed E-state index contributed by atoms with van der Waals surface area (Å²) in [4.78, 5) is 18.2. The zero-order valence-corrected chi connectivity index (χ0v) is 18.3. The number of hydrogen-bond donors (Lipinski definition) is 0. The SMILES string of the molecule is CN(CCOc1ccccc1)CC(=O)N(Cc1cccs1)c1ccc2c(c1)OCCO2. The zero-order chi connectivity index (χ0) is 21.5. The number of benzene rings is 2. The minimum absolute atomic E-state index is 0.0206. The van der Waals surface area contributed by atoms with E-state index in [1.54, 1.807) is 16.2 Å². The van der Waals surface area contributed by atoms with Crippen molar-refractivity contribution in [1.29, 1.82) is 0 Å². The Hall–Kier alpha value is -3.03. The van der Waals surface area contributed by atoms with Crippen LogP contribution in [-0.4, -0.2) is 50.8 Å². The fourth-order valence-electron chi connectivity index (χ4n) is 3.31. The normalized spacial score (nSPS) is 12.6. The lowest BCUT2D eigenvalue weighted by Crippen LogP contribution is -2.40. The number of nitrogens with zero attached hydrogens (tertiary/aromatic N) is 2. The van der Waals surface area contributed by atoms with E-state index in [1.807, 2.05) is 78.0 Å². The Morgan fingerprint density at radius 1 is 1.03 bits per heavy atom. The quantitative estimate of drug-likeness (QED) is 0.504. The van der Waals surface area contributed by atoms with Gasteiger partial charge in [-0.3, -0.25) is 9.69 Å². The van der Waals surface area contributed by atoms with Crippen molar-refractivity contribution in [3.8, 4) is 17.2 Å². The summed E-state index contributed by atoms with van der Waals surface area (Å²) in [5, 5.41) is 2.02. The van der Waals surface area contributed by atoms with Gasteiger partial charge in [0.05, 0.1) is 13.1 Å². The maximum absolute atomic E-state index is 13.3. The summed E-state index contributed by atoms with van der Waals surface area (Å²) in [5.74, 6) is 2.25. The highest BCUT2D eigenvalue weighted by Gasteiger charge is 2.21. The van der Waals surface area contributed by atoms with Gasteiger partial charge in [-0.2, -0.15) is 0 Å². The molecule has 0 atom stereocenters. The Morgan fingerprint density at radius 3 is 2.61 bits per heavy atom. The molecule has 3 aromatic rings. The molecule has 2 heterocycles. The molecule has 162 valence electrons. The van der Waals surface area contributed by atoms with Crippen LogP contribution in [0.3, 0.4) is 0 Å². The van der Waals surface area contributed by atoms with E-state index in [4.69, 9.17) is 14.2 Å². The maximum Gasteiger partial charge on any atom is 0.241 e. The van der Waals surface area contributed by atoms with E-state index in [2.05, 4.69) is 0 Å². The van der Waals surface area contributed by atoms with E-state index in [-0.39, 0.29) is 12.5 Å². The molecule has 1 aromatic heterocycles. The molecule has 0 aliphatic carbocycles. The van der Waals surface area contributed by atoms with E-state index in [9.17, 15) is 4.79 Å². The van der Waals surface area contributed by atoms with Gasteiger partial charge in [0.2, 0.25) is 5.91 Å². The fourth-order valence-corrected chi connectivity index (χ4v) is 4.01. The number of para-hydroxylation sites is 1. The van der Waals surface area contributed by atoms with Gasteiger partial charge in [-0.1, -0.05) is 24.3 Å². The van der Waals surface area contributed by atoms with Crippen molar-refractivity contribution in [3.05, 3.63) is 70.9 Å². The number of anilines is 1. The van der Waals surface area contributed by atoms with Crippen molar-refractivity contribution in [1.82, 2.24) is 4.90 Å². The molecule has 0 saturated carbocycles. The molecule has 0 fully saturated rings. The van der Waals surface area contributed by atoms with Crippen LogP contribution in [0.1, 0.15) is 4.88 Å². The molecular formula is C24H26N2O4S. The van der Waals surface area contributed by atoms with Crippen LogP contribution in [0.5, 0.6) is 17.2 Å². The summed E-state index contributed by atoms with van der Waals surface area (Å²) in [6.07, 6.45) is 0. The van der Waals surface area contributed by atoms with E-state index in [1.165, 1.54) is 0 Å². The average molecular weight is 439 g/mol. The van der Waals surface area contributed by atoms with E-state index in [0.29, 0.717) is 44.4 Å². The van der Waals surface area contributed by atoms with Crippen LogP contribution in [0.15, 0.2) is 66.0 Å². The van der Waals surface area contributed by atoms with Gasteiger partial charge in [0.15, 0.2) is 11.5 Å². The number of fused-ring (bicyclic) bond motifs is 1. The molecule has 0 radical (unpaired) electrons. The minimum atomic E-state index is 0.0206. The van der Waals surface area contributed by atoms with E-state index < -0.39 is 0 Å². The van der Waals surface area contributed by atoms with Crippen LogP contribution in [0.2, 0.25) is 0 Å².